The highest BCUT2D eigenvalue weighted by Crippen LogP contribution is 2.28. The highest BCUT2D eigenvalue weighted by molar-refractivity contribution is 14.1. The van der Waals surface area contributed by atoms with Crippen molar-refractivity contribution in [3.05, 3.63) is 39.4 Å². The summed E-state index contributed by atoms with van der Waals surface area (Å²) < 4.78 is 14.9. The maximum Gasteiger partial charge on any atom is 0.149 e. The van der Waals surface area contributed by atoms with Crippen molar-refractivity contribution in [2.24, 2.45) is 9.98 Å². The van der Waals surface area contributed by atoms with Gasteiger partial charge in [0.1, 0.15) is 12.0 Å². The summed E-state index contributed by atoms with van der Waals surface area (Å²) in [6.45, 7) is 3.88. The van der Waals surface area contributed by atoms with Crippen molar-refractivity contribution in [2.75, 3.05) is 20.1 Å². The molecular formula is C16H18FIN4. The largest absolute Gasteiger partial charge is 0.343 e. The molecule has 0 aromatic heterocycles. The molecule has 1 atom stereocenters. The van der Waals surface area contributed by atoms with Gasteiger partial charge in [-0.1, -0.05) is 0 Å². The summed E-state index contributed by atoms with van der Waals surface area (Å²) in [5, 5.41) is 0. The standard InChI is InChI=1S/C16H18FIN4/c1-3-22-10-19-9-12-14(6-7-21(2)16(12)22)20-15-5-4-11(18)8-13(15)17/h4-5,8-10,16H,3,6-7H2,1-2H3. The number of piperidine rings is 1. The minimum atomic E-state index is -0.276. The zero-order valence-electron chi connectivity index (χ0n) is 12.6. The lowest BCUT2D eigenvalue weighted by molar-refractivity contribution is 0.153. The van der Waals surface area contributed by atoms with Crippen molar-refractivity contribution in [1.82, 2.24) is 9.80 Å². The van der Waals surface area contributed by atoms with E-state index in [1.807, 2.05) is 18.6 Å². The van der Waals surface area contributed by atoms with Crippen LogP contribution in [0.5, 0.6) is 0 Å². The van der Waals surface area contributed by atoms with Gasteiger partial charge in [-0.3, -0.25) is 4.90 Å². The van der Waals surface area contributed by atoms with Gasteiger partial charge in [0.2, 0.25) is 0 Å². The Kier molecular flexibility index (Phi) is 4.58. The van der Waals surface area contributed by atoms with E-state index < -0.39 is 0 Å². The first-order valence-electron chi connectivity index (χ1n) is 7.32. The van der Waals surface area contributed by atoms with Crippen molar-refractivity contribution in [1.29, 1.82) is 0 Å². The minimum Gasteiger partial charge on any atom is -0.343 e. The number of hydrogen-bond acceptors (Lipinski definition) is 4. The summed E-state index contributed by atoms with van der Waals surface area (Å²) >= 11 is 2.10. The predicted octanol–water partition coefficient (Wildman–Crippen LogP) is 3.41. The predicted molar refractivity (Wildman–Crippen MR) is 96.2 cm³/mol. The van der Waals surface area contributed by atoms with Crippen LogP contribution in [0.4, 0.5) is 10.1 Å². The normalized spacial score (nSPS) is 23.6. The van der Waals surface area contributed by atoms with Crippen molar-refractivity contribution in [3.63, 3.8) is 0 Å². The van der Waals surface area contributed by atoms with Crippen LogP contribution in [0.25, 0.3) is 0 Å². The van der Waals surface area contributed by atoms with Gasteiger partial charge >= 0.3 is 0 Å². The summed E-state index contributed by atoms with van der Waals surface area (Å²) in [7, 11) is 2.10. The molecule has 2 heterocycles. The van der Waals surface area contributed by atoms with Crippen LogP contribution in [0.2, 0.25) is 0 Å². The van der Waals surface area contributed by atoms with Gasteiger partial charge in [0.25, 0.3) is 0 Å². The molecule has 6 heteroatoms. The lowest BCUT2D eigenvalue weighted by Gasteiger charge is -2.42. The second kappa shape index (κ2) is 6.45. The zero-order chi connectivity index (χ0) is 15.7. The van der Waals surface area contributed by atoms with E-state index in [0.29, 0.717) is 5.69 Å². The maximum atomic E-state index is 14.1. The maximum absolute atomic E-state index is 14.1. The molecule has 0 radical (unpaired) electrons. The molecule has 0 aliphatic carbocycles. The highest BCUT2D eigenvalue weighted by Gasteiger charge is 2.33. The Bertz CT molecular complexity index is 668. The quantitative estimate of drug-likeness (QED) is 0.698. The van der Waals surface area contributed by atoms with Gasteiger partial charge in [-0.05, 0) is 54.8 Å². The van der Waals surface area contributed by atoms with Gasteiger partial charge in [-0.15, -0.1) is 0 Å². The average molecular weight is 412 g/mol. The molecule has 0 saturated carbocycles. The van der Waals surface area contributed by atoms with Crippen LogP contribution in [0.3, 0.4) is 0 Å². The molecule has 4 nitrogen and oxygen atoms in total. The first-order valence-corrected chi connectivity index (χ1v) is 8.40. The number of fused-ring (bicyclic) bond motifs is 1. The number of rotatable bonds is 2. The van der Waals surface area contributed by atoms with Crippen molar-refractivity contribution < 1.29 is 4.39 Å². The van der Waals surface area contributed by atoms with E-state index in [4.69, 9.17) is 0 Å². The first kappa shape index (κ1) is 15.6. The van der Waals surface area contributed by atoms with E-state index >= 15 is 0 Å². The van der Waals surface area contributed by atoms with Gasteiger partial charge in [0.05, 0.1) is 17.7 Å². The Morgan fingerprint density at radius 3 is 3.00 bits per heavy atom. The zero-order valence-corrected chi connectivity index (χ0v) is 14.8. The SMILES string of the molecule is CCN1C=NC=C2C(=Nc3ccc(I)cc3F)CCN(C)C21. The van der Waals surface area contributed by atoms with Gasteiger partial charge in [-0.2, -0.15) is 0 Å². The topological polar surface area (TPSA) is 31.2 Å². The van der Waals surface area contributed by atoms with E-state index in [1.165, 1.54) is 6.07 Å². The van der Waals surface area contributed by atoms with E-state index in [9.17, 15) is 4.39 Å². The molecule has 1 saturated heterocycles. The lowest BCUT2D eigenvalue weighted by Crippen LogP contribution is -2.53. The first-order chi connectivity index (χ1) is 10.6. The second-order valence-electron chi connectivity index (χ2n) is 5.44. The van der Waals surface area contributed by atoms with Gasteiger partial charge < -0.3 is 4.90 Å². The molecule has 1 unspecified atom stereocenters. The molecule has 116 valence electrons. The van der Waals surface area contributed by atoms with E-state index in [2.05, 4.69) is 56.3 Å². The third kappa shape index (κ3) is 2.94. The van der Waals surface area contributed by atoms with Gasteiger partial charge in [0, 0.05) is 34.9 Å². The molecule has 1 fully saturated rings. The summed E-state index contributed by atoms with van der Waals surface area (Å²) in [5.41, 5.74) is 2.40. The Hall–Kier alpha value is -1.28. The number of likely N-dealkylation sites (N-methyl/N-ethyl adjacent to an activating group) is 2. The van der Waals surface area contributed by atoms with Crippen LogP contribution in [-0.2, 0) is 0 Å². The molecule has 0 bridgehead atoms. The summed E-state index contributed by atoms with van der Waals surface area (Å²) in [6, 6.07) is 5.13. The van der Waals surface area contributed by atoms with E-state index in [-0.39, 0.29) is 12.0 Å². The molecule has 22 heavy (non-hydrogen) atoms. The number of benzene rings is 1. The summed E-state index contributed by atoms with van der Waals surface area (Å²) in [6.07, 6.45) is 4.66. The fraction of sp³-hybridized carbons (Fsp3) is 0.375. The Morgan fingerprint density at radius 1 is 1.45 bits per heavy atom. The van der Waals surface area contributed by atoms with Crippen LogP contribution >= 0.6 is 22.6 Å². The van der Waals surface area contributed by atoms with Crippen LogP contribution in [0, 0.1) is 9.39 Å². The van der Waals surface area contributed by atoms with Gasteiger partial charge in [0.15, 0.2) is 0 Å². The number of hydrogen-bond donors (Lipinski definition) is 0. The smallest absolute Gasteiger partial charge is 0.149 e. The molecule has 0 spiro atoms. The monoisotopic (exact) mass is 412 g/mol. The minimum absolute atomic E-state index is 0.141. The highest BCUT2D eigenvalue weighted by atomic mass is 127. The number of nitrogens with zero attached hydrogens (tertiary/aromatic N) is 4. The third-order valence-electron chi connectivity index (χ3n) is 4.00. The fourth-order valence-corrected chi connectivity index (χ4v) is 3.32. The molecule has 0 N–H and O–H groups in total. The fourth-order valence-electron chi connectivity index (χ4n) is 2.86. The van der Waals surface area contributed by atoms with Crippen molar-refractivity contribution >= 4 is 40.3 Å². The molecule has 3 rings (SSSR count). The van der Waals surface area contributed by atoms with E-state index in [0.717, 1.165) is 34.4 Å². The van der Waals surface area contributed by atoms with Gasteiger partial charge in [-0.25, -0.2) is 14.4 Å². The average Bonchev–Trinajstić information content (AvgIpc) is 2.52. The van der Waals surface area contributed by atoms with Crippen LogP contribution in [0.15, 0.2) is 40.0 Å². The van der Waals surface area contributed by atoms with Crippen molar-refractivity contribution in [2.45, 2.75) is 19.5 Å². The molecule has 2 aliphatic heterocycles. The summed E-state index contributed by atoms with van der Waals surface area (Å²) in [5.74, 6) is -0.276. The van der Waals surface area contributed by atoms with Crippen LogP contribution in [-0.4, -0.2) is 48.2 Å². The lowest BCUT2D eigenvalue weighted by atomic mass is 9.98. The number of likely N-dealkylation sites (tertiary alicyclic amines) is 1. The van der Waals surface area contributed by atoms with Crippen LogP contribution < -0.4 is 0 Å². The number of aliphatic imine (C=N–C) groups is 2. The number of halogens is 2. The third-order valence-corrected chi connectivity index (χ3v) is 4.67. The summed E-state index contributed by atoms with van der Waals surface area (Å²) in [4.78, 5) is 13.4. The Labute approximate surface area is 143 Å². The molecule has 1 aromatic carbocycles. The Balaban J connectivity index is 1.98. The molecule has 0 amide bonds. The molecule has 1 aromatic rings. The van der Waals surface area contributed by atoms with E-state index in [1.54, 1.807) is 6.07 Å². The van der Waals surface area contributed by atoms with Crippen LogP contribution in [0.1, 0.15) is 13.3 Å². The molecular weight excluding hydrogens is 394 g/mol. The Morgan fingerprint density at radius 2 is 2.27 bits per heavy atom. The molecule has 2 aliphatic rings. The van der Waals surface area contributed by atoms with Crippen molar-refractivity contribution in [3.8, 4) is 0 Å². The second-order valence-corrected chi connectivity index (χ2v) is 6.68.